The summed E-state index contributed by atoms with van der Waals surface area (Å²) in [4.78, 5) is 18.9. The first kappa shape index (κ1) is 20.7. The van der Waals surface area contributed by atoms with Crippen LogP contribution in [0.4, 0.5) is 0 Å². The average Bonchev–Trinajstić information content (AvgIpc) is 2.55. The standard InChI is InChI=1S/C17H18ClN3O.2ClH/c1-12-6-7-19-10-14(12)17(22)21-9-8-20-11-16(21)13-4-2-3-5-15(13)18;;/h2-7,10,16,20H,8-9,11H2,1H3;2*1H. The molecule has 1 atom stereocenters. The monoisotopic (exact) mass is 387 g/mol. The molecule has 24 heavy (non-hydrogen) atoms. The Morgan fingerprint density at radius 3 is 2.75 bits per heavy atom. The second-order valence-corrected chi connectivity index (χ2v) is 5.84. The largest absolute Gasteiger partial charge is 0.329 e. The zero-order chi connectivity index (χ0) is 15.5. The molecule has 0 aliphatic carbocycles. The van der Waals surface area contributed by atoms with Crippen LogP contribution in [-0.2, 0) is 0 Å². The summed E-state index contributed by atoms with van der Waals surface area (Å²) in [5, 5.41) is 4.03. The zero-order valence-electron chi connectivity index (χ0n) is 13.2. The number of benzene rings is 1. The van der Waals surface area contributed by atoms with Crippen molar-refractivity contribution >= 4 is 42.3 Å². The van der Waals surface area contributed by atoms with Crippen LogP contribution in [0.25, 0.3) is 0 Å². The molecule has 2 heterocycles. The first-order chi connectivity index (χ1) is 10.7. The Kier molecular flexibility index (Phi) is 7.97. The second-order valence-electron chi connectivity index (χ2n) is 5.43. The van der Waals surface area contributed by atoms with Gasteiger partial charge in [0.25, 0.3) is 5.91 Å². The number of halogens is 3. The molecule has 0 radical (unpaired) electrons. The highest BCUT2D eigenvalue weighted by Gasteiger charge is 2.30. The molecule has 1 aliphatic heterocycles. The van der Waals surface area contributed by atoms with Gasteiger partial charge in [-0.2, -0.15) is 0 Å². The van der Waals surface area contributed by atoms with E-state index in [1.54, 1.807) is 12.4 Å². The quantitative estimate of drug-likeness (QED) is 0.853. The molecule has 3 rings (SSSR count). The van der Waals surface area contributed by atoms with Gasteiger partial charge in [-0.25, -0.2) is 0 Å². The number of aryl methyl sites for hydroxylation is 1. The van der Waals surface area contributed by atoms with Crippen molar-refractivity contribution < 1.29 is 4.79 Å². The van der Waals surface area contributed by atoms with Gasteiger partial charge in [0.2, 0.25) is 0 Å². The summed E-state index contributed by atoms with van der Waals surface area (Å²) in [5.41, 5.74) is 2.57. The van der Waals surface area contributed by atoms with Crippen molar-refractivity contribution in [2.45, 2.75) is 13.0 Å². The molecule has 1 saturated heterocycles. The number of pyridine rings is 1. The van der Waals surface area contributed by atoms with Crippen LogP contribution >= 0.6 is 36.4 Å². The number of rotatable bonds is 2. The number of piperazine rings is 1. The number of hydrogen-bond acceptors (Lipinski definition) is 3. The van der Waals surface area contributed by atoms with Crippen LogP contribution in [-0.4, -0.2) is 35.4 Å². The fraction of sp³-hybridized carbons (Fsp3) is 0.294. The molecule has 0 bridgehead atoms. The van der Waals surface area contributed by atoms with Crippen LogP contribution in [0.15, 0.2) is 42.7 Å². The van der Waals surface area contributed by atoms with Gasteiger partial charge in [-0.15, -0.1) is 24.8 Å². The molecule has 4 nitrogen and oxygen atoms in total. The molecule has 1 aromatic carbocycles. The van der Waals surface area contributed by atoms with E-state index in [1.165, 1.54) is 0 Å². The van der Waals surface area contributed by atoms with Crippen LogP contribution in [0, 0.1) is 6.92 Å². The second kappa shape index (κ2) is 9.23. The molecule has 1 aromatic heterocycles. The molecule has 1 amide bonds. The highest BCUT2D eigenvalue weighted by Crippen LogP contribution is 2.29. The van der Waals surface area contributed by atoms with E-state index in [4.69, 9.17) is 11.6 Å². The minimum Gasteiger partial charge on any atom is -0.329 e. The number of carbonyl (C=O) groups is 1. The number of amides is 1. The Balaban J connectivity index is 0.00000144. The van der Waals surface area contributed by atoms with Gasteiger partial charge >= 0.3 is 0 Å². The number of hydrogen-bond donors (Lipinski definition) is 1. The fourth-order valence-corrected chi connectivity index (χ4v) is 3.07. The smallest absolute Gasteiger partial charge is 0.256 e. The van der Waals surface area contributed by atoms with Crippen molar-refractivity contribution in [3.05, 3.63) is 64.4 Å². The maximum Gasteiger partial charge on any atom is 0.256 e. The molecule has 7 heteroatoms. The van der Waals surface area contributed by atoms with E-state index in [1.807, 2.05) is 42.2 Å². The van der Waals surface area contributed by atoms with E-state index in [9.17, 15) is 4.79 Å². The maximum absolute atomic E-state index is 12.9. The van der Waals surface area contributed by atoms with Crippen molar-refractivity contribution in [3.8, 4) is 0 Å². The Morgan fingerprint density at radius 2 is 2.04 bits per heavy atom. The van der Waals surface area contributed by atoms with Gasteiger partial charge in [0.05, 0.1) is 11.6 Å². The predicted octanol–water partition coefficient (Wildman–Crippen LogP) is 3.67. The van der Waals surface area contributed by atoms with E-state index in [0.29, 0.717) is 23.7 Å². The normalized spacial score (nSPS) is 16.8. The minimum absolute atomic E-state index is 0. The third kappa shape index (κ3) is 4.19. The molecular formula is C17H20Cl3N3O. The Hall–Kier alpha value is -1.33. The van der Waals surface area contributed by atoms with Crippen molar-refractivity contribution in [2.24, 2.45) is 0 Å². The van der Waals surface area contributed by atoms with Gasteiger partial charge in [0.15, 0.2) is 0 Å². The molecule has 1 aliphatic rings. The number of nitrogens with one attached hydrogen (secondary N) is 1. The average molecular weight is 389 g/mol. The van der Waals surface area contributed by atoms with Gasteiger partial charge in [-0.05, 0) is 30.2 Å². The molecule has 0 saturated carbocycles. The number of carbonyl (C=O) groups excluding carboxylic acids is 1. The molecule has 2 aromatic rings. The van der Waals surface area contributed by atoms with Crippen molar-refractivity contribution in [1.29, 1.82) is 0 Å². The lowest BCUT2D eigenvalue weighted by atomic mass is 10.0. The summed E-state index contributed by atoms with van der Waals surface area (Å²) in [5.74, 6) is 0.0111. The lowest BCUT2D eigenvalue weighted by Crippen LogP contribution is -2.49. The van der Waals surface area contributed by atoms with Crippen LogP contribution in [0.5, 0.6) is 0 Å². The van der Waals surface area contributed by atoms with Gasteiger partial charge in [0.1, 0.15) is 0 Å². The van der Waals surface area contributed by atoms with E-state index in [0.717, 1.165) is 17.7 Å². The van der Waals surface area contributed by atoms with Crippen LogP contribution in [0.2, 0.25) is 5.02 Å². The van der Waals surface area contributed by atoms with Crippen LogP contribution in [0.3, 0.4) is 0 Å². The van der Waals surface area contributed by atoms with Crippen LogP contribution in [0.1, 0.15) is 27.5 Å². The van der Waals surface area contributed by atoms with Gasteiger partial charge in [0, 0.05) is 37.1 Å². The summed E-state index contributed by atoms with van der Waals surface area (Å²) < 4.78 is 0. The molecular weight excluding hydrogens is 369 g/mol. The zero-order valence-corrected chi connectivity index (χ0v) is 15.6. The summed E-state index contributed by atoms with van der Waals surface area (Å²) >= 11 is 6.33. The number of aromatic nitrogens is 1. The van der Waals surface area contributed by atoms with Gasteiger partial charge in [-0.3, -0.25) is 9.78 Å². The van der Waals surface area contributed by atoms with Crippen molar-refractivity contribution in [1.82, 2.24) is 15.2 Å². The lowest BCUT2D eigenvalue weighted by molar-refractivity contribution is 0.0633. The SMILES string of the molecule is Cc1ccncc1C(=O)N1CCNCC1c1ccccc1Cl.Cl.Cl. The minimum atomic E-state index is -0.0606. The Morgan fingerprint density at radius 1 is 1.29 bits per heavy atom. The van der Waals surface area contributed by atoms with Crippen molar-refractivity contribution in [2.75, 3.05) is 19.6 Å². The lowest BCUT2D eigenvalue weighted by Gasteiger charge is -2.37. The molecule has 1 unspecified atom stereocenters. The number of nitrogens with zero attached hydrogens (tertiary/aromatic N) is 2. The molecule has 1 N–H and O–H groups in total. The highest BCUT2D eigenvalue weighted by molar-refractivity contribution is 6.31. The van der Waals surface area contributed by atoms with E-state index >= 15 is 0 Å². The predicted molar refractivity (Wildman–Crippen MR) is 102 cm³/mol. The first-order valence-electron chi connectivity index (χ1n) is 7.35. The topological polar surface area (TPSA) is 45.2 Å². The van der Waals surface area contributed by atoms with E-state index in [-0.39, 0.29) is 36.8 Å². The Labute approximate surface area is 159 Å². The third-order valence-electron chi connectivity index (χ3n) is 4.04. The van der Waals surface area contributed by atoms with Crippen LogP contribution < -0.4 is 5.32 Å². The van der Waals surface area contributed by atoms with Gasteiger partial charge in [-0.1, -0.05) is 29.8 Å². The first-order valence-corrected chi connectivity index (χ1v) is 7.73. The van der Waals surface area contributed by atoms with E-state index < -0.39 is 0 Å². The van der Waals surface area contributed by atoms with E-state index in [2.05, 4.69) is 10.3 Å². The summed E-state index contributed by atoms with van der Waals surface area (Å²) in [6, 6.07) is 9.50. The fourth-order valence-electron chi connectivity index (χ4n) is 2.81. The Bertz CT molecular complexity index is 696. The third-order valence-corrected chi connectivity index (χ3v) is 4.38. The van der Waals surface area contributed by atoms with Crippen molar-refractivity contribution in [3.63, 3.8) is 0 Å². The summed E-state index contributed by atoms with van der Waals surface area (Å²) in [6.45, 7) is 4.07. The maximum atomic E-state index is 12.9. The van der Waals surface area contributed by atoms with Gasteiger partial charge < -0.3 is 10.2 Å². The summed E-state index contributed by atoms with van der Waals surface area (Å²) in [6.07, 6.45) is 3.35. The molecule has 0 spiro atoms. The molecule has 1 fully saturated rings. The highest BCUT2D eigenvalue weighted by atomic mass is 35.5. The summed E-state index contributed by atoms with van der Waals surface area (Å²) in [7, 11) is 0. The molecule has 130 valence electrons.